The minimum absolute atomic E-state index is 0.0167. The predicted molar refractivity (Wildman–Crippen MR) is 94.0 cm³/mol. The number of rotatable bonds is 7. The second-order valence-corrected chi connectivity index (χ2v) is 6.40. The van der Waals surface area contributed by atoms with E-state index in [9.17, 15) is 4.79 Å². The minimum Gasteiger partial charge on any atom is -0.462 e. The number of thiazole rings is 1. The molecule has 1 amide bonds. The summed E-state index contributed by atoms with van der Waals surface area (Å²) < 4.78 is 5.34. The first-order valence-corrected chi connectivity index (χ1v) is 8.78. The molecule has 3 aromatic heterocycles. The van der Waals surface area contributed by atoms with Crippen LogP contribution in [0.15, 0.2) is 53.4 Å². The quantitative estimate of drug-likeness (QED) is 0.654. The fraction of sp³-hybridized carbons (Fsp3) is 0.278. The first kappa shape index (κ1) is 16.4. The molecule has 0 aliphatic rings. The third-order valence-corrected chi connectivity index (χ3v) is 4.59. The third-order valence-electron chi connectivity index (χ3n) is 3.59. The SMILES string of the molecule is CCCN(CCc1ccccn1)C(=O)c1cnc(-c2ccco2)s1. The zero-order valence-corrected chi connectivity index (χ0v) is 14.3. The van der Waals surface area contributed by atoms with Crippen LogP contribution in [-0.2, 0) is 6.42 Å². The van der Waals surface area contributed by atoms with Crippen LogP contribution in [0.25, 0.3) is 10.8 Å². The first-order chi connectivity index (χ1) is 11.8. The lowest BCUT2D eigenvalue weighted by molar-refractivity contribution is 0.0761. The number of carbonyl (C=O) groups excluding carboxylic acids is 1. The van der Waals surface area contributed by atoms with E-state index in [1.165, 1.54) is 11.3 Å². The molecule has 3 heterocycles. The van der Waals surface area contributed by atoms with Crippen molar-refractivity contribution < 1.29 is 9.21 Å². The molecule has 0 saturated heterocycles. The van der Waals surface area contributed by atoms with E-state index in [0.717, 1.165) is 30.1 Å². The Labute approximate surface area is 145 Å². The van der Waals surface area contributed by atoms with Gasteiger partial charge in [-0.05, 0) is 30.7 Å². The van der Waals surface area contributed by atoms with E-state index in [1.54, 1.807) is 18.7 Å². The van der Waals surface area contributed by atoms with Gasteiger partial charge in [0.25, 0.3) is 5.91 Å². The zero-order valence-electron chi connectivity index (χ0n) is 13.5. The van der Waals surface area contributed by atoms with Crippen molar-refractivity contribution in [3.63, 3.8) is 0 Å². The van der Waals surface area contributed by atoms with Crippen molar-refractivity contribution >= 4 is 17.2 Å². The van der Waals surface area contributed by atoms with Gasteiger partial charge in [0.15, 0.2) is 10.8 Å². The van der Waals surface area contributed by atoms with Crippen LogP contribution in [0, 0.1) is 0 Å². The standard InChI is InChI=1S/C18H19N3O2S/c1-2-10-21(11-8-14-6-3-4-9-19-14)18(22)16-13-20-17(24-16)15-7-5-12-23-15/h3-7,9,12-13H,2,8,10-11H2,1H3. The fourth-order valence-corrected chi connectivity index (χ4v) is 3.28. The number of carbonyl (C=O) groups is 1. The highest BCUT2D eigenvalue weighted by Crippen LogP contribution is 2.26. The summed E-state index contributed by atoms with van der Waals surface area (Å²) in [4.78, 5) is 23.9. The topological polar surface area (TPSA) is 59.2 Å². The molecule has 0 unspecified atom stereocenters. The summed E-state index contributed by atoms with van der Waals surface area (Å²) in [5.41, 5.74) is 0.993. The van der Waals surface area contributed by atoms with Crippen molar-refractivity contribution in [1.29, 1.82) is 0 Å². The monoisotopic (exact) mass is 341 g/mol. The number of nitrogens with zero attached hydrogens (tertiary/aromatic N) is 3. The smallest absolute Gasteiger partial charge is 0.265 e. The van der Waals surface area contributed by atoms with Gasteiger partial charge in [-0.15, -0.1) is 11.3 Å². The fourth-order valence-electron chi connectivity index (χ4n) is 2.42. The summed E-state index contributed by atoms with van der Waals surface area (Å²) in [6.45, 7) is 3.44. The molecule has 5 nitrogen and oxygen atoms in total. The summed E-state index contributed by atoms with van der Waals surface area (Å²) in [5, 5.41) is 0.726. The average Bonchev–Trinajstić information content (AvgIpc) is 3.30. The van der Waals surface area contributed by atoms with E-state index in [1.807, 2.05) is 35.2 Å². The van der Waals surface area contributed by atoms with Crippen molar-refractivity contribution in [2.45, 2.75) is 19.8 Å². The van der Waals surface area contributed by atoms with Crippen molar-refractivity contribution in [1.82, 2.24) is 14.9 Å². The van der Waals surface area contributed by atoms with E-state index in [4.69, 9.17) is 4.42 Å². The maximum absolute atomic E-state index is 12.8. The number of hydrogen-bond acceptors (Lipinski definition) is 5. The number of amides is 1. The summed E-state index contributed by atoms with van der Waals surface area (Å²) in [7, 11) is 0. The van der Waals surface area contributed by atoms with E-state index in [-0.39, 0.29) is 5.91 Å². The highest BCUT2D eigenvalue weighted by atomic mass is 32.1. The number of furan rings is 1. The van der Waals surface area contributed by atoms with E-state index in [0.29, 0.717) is 17.2 Å². The summed E-state index contributed by atoms with van der Waals surface area (Å²) in [6.07, 6.45) is 6.68. The Morgan fingerprint density at radius 3 is 2.83 bits per heavy atom. The van der Waals surface area contributed by atoms with E-state index >= 15 is 0 Å². The van der Waals surface area contributed by atoms with Gasteiger partial charge in [0.2, 0.25) is 0 Å². The van der Waals surface area contributed by atoms with E-state index in [2.05, 4.69) is 16.9 Å². The molecule has 0 radical (unpaired) electrons. The molecular weight excluding hydrogens is 322 g/mol. The van der Waals surface area contributed by atoms with Crippen LogP contribution in [0.4, 0.5) is 0 Å². The molecule has 0 saturated carbocycles. The lowest BCUT2D eigenvalue weighted by atomic mass is 10.2. The molecule has 0 fully saturated rings. The maximum Gasteiger partial charge on any atom is 0.265 e. The van der Waals surface area contributed by atoms with Crippen LogP contribution in [0.1, 0.15) is 28.7 Å². The van der Waals surface area contributed by atoms with Gasteiger partial charge in [0, 0.05) is 31.4 Å². The van der Waals surface area contributed by atoms with Gasteiger partial charge in [-0.25, -0.2) is 4.98 Å². The number of pyridine rings is 1. The predicted octanol–water partition coefficient (Wildman–Crippen LogP) is 3.89. The highest BCUT2D eigenvalue weighted by Gasteiger charge is 2.19. The van der Waals surface area contributed by atoms with Gasteiger partial charge < -0.3 is 9.32 Å². The van der Waals surface area contributed by atoms with Crippen LogP contribution >= 0.6 is 11.3 Å². The molecule has 0 aromatic carbocycles. The van der Waals surface area contributed by atoms with Crippen LogP contribution < -0.4 is 0 Å². The largest absolute Gasteiger partial charge is 0.462 e. The lowest BCUT2D eigenvalue weighted by Crippen LogP contribution is -2.33. The van der Waals surface area contributed by atoms with Gasteiger partial charge in [-0.3, -0.25) is 9.78 Å². The molecule has 0 N–H and O–H groups in total. The van der Waals surface area contributed by atoms with E-state index < -0.39 is 0 Å². The number of aromatic nitrogens is 2. The summed E-state index contributed by atoms with van der Waals surface area (Å²) in [6, 6.07) is 9.50. The Bertz CT molecular complexity index is 769. The summed E-state index contributed by atoms with van der Waals surface area (Å²) in [5.74, 6) is 0.706. The molecule has 6 heteroatoms. The molecule has 0 atom stereocenters. The zero-order chi connectivity index (χ0) is 16.8. The average molecular weight is 341 g/mol. The Morgan fingerprint density at radius 1 is 1.21 bits per heavy atom. The molecule has 0 aliphatic carbocycles. The van der Waals surface area contributed by atoms with Crippen LogP contribution in [0.5, 0.6) is 0 Å². The lowest BCUT2D eigenvalue weighted by Gasteiger charge is -2.21. The molecule has 24 heavy (non-hydrogen) atoms. The molecule has 124 valence electrons. The first-order valence-electron chi connectivity index (χ1n) is 7.97. The van der Waals surface area contributed by atoms with Crippen LogP contribution in [-0.4, -0.2) is 33.9 Å². The Balaban J connectivity index is 1.70. The summed E-state index contributed by atoms with van der Waals surface area (Å²) >= 11 is 1.36. The van der Waals surface area contributed by atoms with Crippen LogP contribution in [0.2, 0.25) is 0 Å². The minimum atomic E-state index is 0.0167. The molecular formula is C18H19N3O2S. The normalized spacial score (nSPS) is 10.7. The third kappa shape index (κ3) is 3.89. The van der Waals surface area contributed by atoms with Crippen molar-refractivity contribution in [3.05, 3.63) is 59.6 Å². The maximum atomic E-state index is 12.8. The van der Waals surface area contributed by atoms with Crippen molar-refractivity contribution in [2.24, 2.45) is 0 Å². The van der Waals surface area contributed by atoms with Gasteiger partial charge in [0.05, 0.1) is 12.5 Å². The van der Waals surface area contributed by atoms with Gasteiger partial charge in [-0.1, -0.05) is 13.0 Å². The number of hydrogen-bond donors (Lipinski definition) is 0. The molecule has 0 bridgehead atoms. The molecule has 3 aromatic rings. The Hall–Kier alpha value is -2.47. The van der Waals surface area contributed by atoms with Gasteiger partial charge >= 0.3 is 0 Å². The molecule has 0 spiro atoms. The van der Waals surface area contributed by atoms with Gasteiger partial charge in [-0.2, -0.15) is 0 Å². The van der Waals surface area contributed by atoms with Gasteiger partial charge in [0.1, 0.15) is 4.88 Å². The van der Waals surface area contributed by atoms with Crippen molar-refractivity contribution in [3.8, 4) is 10.8 Å². The Kier molecular flexibility index (Phi) is 5.38. The highest BCUT2D eigenvalue weighted by molar-refractivity contribution is 7.16. The van der Waals surface area contributed by atoms with Crippen LogP contribution in [0.3, 0.4) is 0 Å². The van der Waals surface area contributed by atoms with Crippen molar-refractivity contribution in [2.75, 3.05) is 13.1 Å². The molecule has 3 rings (SSSR count). The molecule has 0 aliphatic heterocycles. The Morgan fingerprint density at radius 2 is 2.12 bits per heavy atom. The second-order valence-electron chi connectivity index (χ2n) is 5.37. The second kappa shape index (κ2) is 7.88.